The third kappa shape index (κ3) is 5.04. The Morgan fingerprint density at radius 1 is 1.24 bits per heavy atom. The first-order chi connectivity index (χ1) is 7.97. The van der Waals surface area contributed by atoms with Gasteiger partial charge in [0.15, 0.2) is 0 Å². The zero-order valence-corrected chi connectivity index (χ0v) is 10.7. The summed E-state index contributed by atoms with van der Waals surface area (Å²) in [5.41, 5.74) is 0. The van der Waals surface area contributed by atoms with Crippen LogP contribution in [-0.2, 0) is 4.79 Å². The van der Waals surface area contributed by atoms with E-state index in [1.165, 1.54) is 9.80 Å². The van der Waals surface area contributed by atoms with Crippen LogP contribution in [0.1, 0.15) is 27.2 Å². The first-order valence-corrected chi connectivity index (χ1v) is 5.86. The number of urea groups is 1. The number of aliphatic carboxylic acids is 1. The van der Waals surface area contributed by atoms with Crippen LogP contribution in [0.3, 0.4) is 0 Å². The molecule has 1 unspecified atom stereocenters. The van der Waals surface area contributed by atoms with E-state index in [0.29, 0.717) is 13.1 Å². The Labute approximate surface area is 102 Å². The van der Waals surface area contributed by atoms with Crippen LogP contribution in [0.15, 0.2) is 0 Å². The molecule has 0 radical (unpaired) electrons. The molecule has 17 heavy (non-hydrogen) atoms. The minimum Gasteiger partial charge on any atom is -0.481 e. The minimum absolute atomic E-state index is 0.0732. The van der Waals surface area contributed by atoms with Crippen molar-refractivity contribution in [3.8, 4) is 0 Å². The summed E-state index contributed by atoms with van der Waals surface area (Å²) < 4.78 is 0. The van der Waals surface area contributed by atoms with Gasteiger partial charge in [0.05, 0.1) is 13.0 Å². The number of carboxylic acids is 1. The topological polar surface area (TPSA) is 81.1 Å². The van der Waals surface area contributed by atoms with Gasteiger partial charge in [-0.2, -0.15) is 0 Å². The summed E-state index contributed by atoms with van der Waals surface area (Å²) in [6, 6.07) is -0.574. The summed E-state index contributed by atoms with van der Waals surface area (Å²) in [6.07, 6.45) is -0.0732. The second kappa shape index (κ2) is 7.89. The molecule has 0 aliphatic carbocycles. The first kappa shape index (κ1) is 15.7. The lowest BCUT2D eigenvalue weighted by atomic mass is 10.2. The Kier molecular flexibility index (Phi) is 7.29. The fourth-order valence-electron chi connectivity index (χ4n) is 1.69. The van der Waals surface area contributed by atoms with E-state index in [-0.39, 0.29) is 31.6 Å². The molecule has 0 aliphatic heterocycles. The summed E-state index contributed by atoms with van der Waals surface area (Å²) in [5, 5.41) is 17.6. The Balaban J connectivity index is 4.61. The largest absolute Gasteiger partial charge is 0.481 e. The number of hydrogen-bond acceptors (Lipinski definition) is 3. The lowest BCUT2D eigenvalue weighted by molar-refractivity contribution is -0.138. The van der Waals surface area contributed by atoms with Crippen LogP contribution in [0.2, 0.25) is 0 Å². The van der Waals surface area contributed by atoms with Crippen molar-refractivity contribution < 1.29 is 19.8 Å². The van der Waals surface area contributed by atoms with Gasteiger partial charge in [-0.15, -0.1) is 0 Å². The van der Waals surface area contributed by atoms with Gasteiger partial charge in [-0.1, -0.05) is 0 Å². The van der Waals surface area contributed by atoms with Crippen LogP contribution < -0.4 is 0 Å². The first-order valence-electron chi connectivity index (χ1n) is 5.86. The molecule has 0 spiro atoms. The maximum atomic E-state index is 12.1. The van der Waals surface area contributed by atoms with Crippen LogP contribution in [-0.4, -0.2) is 64.3 Å². The molecule has 100 valence electrons. The molecule has 0 saturated carbocycles. The van der Waals surface area contributed by atoms with Crippen LogP contribution in [0.5, 0.6) is 0 Å². The SMILES string of the molecule is CCN(CCO)C(=O)N(CC)C(C)CC(=O)O. The molecule has 0 aromatic heterocycles. The predicted octanol–water partition coefficient (Wildman–Crippen LogP) is 0.606. The molecule has 0 fully saturated rings. The lowest BCUT2D eigenvalue weighted by Gasteiger charge is -2.32. The Bertz CT molecular complexity index is 258. The highest BCUT2D eigenvalue weighted by molar-refractivity contribution is 5.76. The number of hydrogen-bond donors (Lipinski definition) is 2. The van der Waals surface area contributed by atoms with E-state index in [4.69, 9.17) is 10.2 Å². The molecule has 0 aliphatic rings. The molecule has 6 heteroatoms. The average molecular weight is 246 g/mol. The van der Waals surface area contributed by atoms with Gasteiger partial charge in [-0.05, 0) is 20.8 Å². The average Bonchev–Trinajstić information content (AvgIpc) is 2.25. The molecule has 0 heterocycles. The molecule has 6 nitrogen and oxygen atoms in total. The Morgan fingerprint density at radius 2 is 1.82 bits per heavy atom. The molecule has 0 saturated heterocycles. The van der Waals surface area contributed by atoms with E-state index in [1.807, 2.05) is 13.8 Å². The van der Waals surface area contributed by atoms with Gasteiger partial charge in [0, 0.05) is 25.7 Å². The van der Waals surface area contributed by atoms with Gasteiger partial charge < -0.3 is 20.0 Å². The van der Waals surface area contributed by atoms with Crippen molar-refractivity contribution in [3.05, 3.63) is 0 Å². The Hall–Kier alpha value is -1.30. The number of carbonyl (C=O) groups is 2. The van der Waals surface area contributed by atoms with Crippen molar-refractivity contribution >= 4 is 12.0 Å². The number of aliphatic hydroxyl groups excluding tert-OH is 1. The summed E-state index contributed by atoms with van der Waals surface area (Å²) in [4.78, 5) is 25.7. The minimum atomic E-state index is -0.922. The second-order valence-electron chi connectivity index (χ2n) is 3.82. The number of carboxylic acid groups (broad SMARTS) is 1. The summed E-state index contributed by atoms with van der Waals surface area (Å²) >= 11 is 0. The lowest BCUT2D eigenvalue weighted by Crippen LogP contribution is -2.48. The number of aliphatic hydroxyl groups is 1. The van der Waals surface area contributed by atoms with Crippen molar-refractivity contribution in [1.82, 2.24) is 9.80 Å². The standard InChI is InChI=1S/C11H22N2O4/c1-4-12(6-7-14)11(17)13(5-2)9(3)8-10(15)16/h9,14H,4-8H2,1-3H3,(H,15,16). The van der Waals surface area contributed by atoms with Crippen LogP contribution in [0.4, 0.5) is 4.79 Å². The van der Waals surface area contributed by atoms with Gasteiger partial charge in [0.25, 0.3) is 0 Å². The maximum Gasteiger partial charge on any atom is 0.320 e. The highest BCUT2D eigenvalue weighted by Crippen LogP contribution is 2.08. The molecule has 2 N–H and O–H groups in total. The smallest absolute Gasteiger partial charge is 0.320 e. The molecule has 2 amide bonds. The fraction of sp³-hybridized carbons (Fsp3) is 0.818. The van der Waals surface area contributed by atoms with Gasteiger partial charge in [0.2, 0.25) is 0 Å². The van der Waals surface area contributed by atoms with E-state index >= 15 is 0 Å². The van der Waals surface area contributed by atoms with Gasteiger partial charge in [-0.3, -0.25) is 4.79 Å². The number of carbonyl (C=O) groups excluding carboxylic acids is 1. The van der Waals surface area contributed by atoms with Crippen molar-refractivity contribution in [2.75, 3.05) is 26.2 Å². The molecule has 0 bridgehead atoms. The summed E-state index contributed by atoms with van der Waals surface area (Å²) in [7, 11) is 0. The maximum absolute atomic E-state index is 12.1. The van der Waals surface area contributed by atoms with Crippen molar-refractivity contribution in [1.29, 1.82) is 0 Å². The number of likely N-dealkylation sites (N-methyl/N-ethyl adjacent to an activating group) is 1. The van der Waals surface area contributed by atoms with E-state index in [2.05, 4.69) is 0 Å². The quantitative estimate of drug-likeness (QED) is 0.689. The highest BCUT2D eigenvalue weighted by Gasteiger charge is 2.24. The molecule has 0 aromatic carbocycles. The zero-order chi connectivity index (χ0) is 13.4. The third-order valence-corrected chi connectivity index (χ3v) is 2.61. The van der Waals surface area contributed by atoms with E-state index in [9.17, 15) is 9.59 Å². The van der Waals surface area contributed by atoms with Crippen molar-refractivity contribution in [3.63, 3.8) is 0 Å². The predicted molar refractivity (Wildman–Crippen MR) is 63.8 cm³/mol. The van der Waals surface area contributed by atoms with E-state index in [1.54, 1.807) is 6.92 Å². The summed E-state index contributed by atoms with van der Waals surface area (Å²) in [5.74, 6) is -0.922. The highest BCUT2D eigenvalue weighted by atomic mass is 16.4. The second-order valence-corrected chi connectivity index (χ2v) is 3.82. The Morgan fingerprint density at radius 3 is 2.18 bits per heavy atom. The number of amides is 2. The number of nitrogens with zero attached hydrogens (tertiary/aromatic N) is 2. The van der Waals surface area contributed by atoms with Crippen molar-refractivity contribution in [2.24, 2.45) is 0 Å². The molecule has 1 atom stereocenters. The van der Waals surface area contributed by atoms with Crippen LogP contribution in [0, 0.1) is 0 Å². The fourth-order valence-corrected chi connectivity index (χ4v) is 1.69. The van der Waals surface area contributed by atoms with E-state index in [0.717, 1.165) is 0 Å². The monoisotopic (exact) mass is 246 g/mol. The molecule has 0 rings (SSSR count). The summed E-state index contributed by atoms with van der Waals surface area (Å²) in [6.45, 7) is 6.47. The zero-order valence-electron chi connectivity index (χ0n) is 10.7. The number of rotatable bonds is 7. The van der Waals surface area contributed by atoms with Gasteiger partial charge >= 0.3 is 12.0 Å². The normalized spacial score (nSPS) is 12.0. The van der Waals surface area contributed by atoms with Gasteiger partial charge in [0.1, 0.15) is 0 Å². The third-order valence-electron chi connectivity index (χ3n) is 2.61. The van der Waals surface area contributed by atoms with Crippen molar-refractivity contribution in [2.45, 2.75) is 33.2 Å². The van der Waals surface area contributed by atoms with Crippen LogP contribution >= 0.6 is 0 Å². The molecular formula is C11H22N2O4. The molecular weight excluding hydrogens is 224 g/mol. The van der Waals surface area contributed by atoms with Crippen LogP contribution in [0.25, 0.3) is 0 Å². The van der Waals surface area contributed by atoms with E-state index < -0.39 is 5.97 Å². The van der Waals surface area contributed by atoms with Gasteiger partial charge in [-0.25, -0.2) is 4.79 Å². The molecule has 0 aromatic rings.